The van der Waals surface area contributed by atoms with E-state index in [9.17, 15) is 14.4 Å². The van der Waals surface area contributed by atoms with Crippen LogP contribution >= 0.6 is 0 Å². The van der Waals surface area contributed by atoms with Crippen molar-refractivity contribution in [3.05, 3.63) is 71.3 Å². The molecule has 0 fully saturated rings. The summed E-state index contributed by atoms with van der Waals surface area (Å²) in [6.45, 7) is -0.220. The van der Waals surface area contributed by atoms with Crippen molar-refractivity contribution in [2.75, 3.05) is 6.61 Å². The van der Waals surface area contributed by atoms with Crippen LogP contribution in [0.2, 0.25) is 0 Å². The smallest absolute Gasteiger partial charge is 0.255 e. The van der Waals surface area contributed by atoms with E-state index < -0.39 is 5.91 Å². The van der Waals surface area contributed by atoms with Crippen LogP contribution in [0, 0.1) is 0 Å². The quantitative estimate of drug-likeness (QED) is 0.673. The summed E-state index contributed by atoms with van der Waals surface area (Å²) in [5, 5.41) is 0. The van der Waals surface area contributed by atoms with Gasteiger partial charge in [0.15, 0.2) is 18.2 Å². The Morgan fingerprint density at radius 3 is 2.50 bits per heavy atom. The third kappa shape index (κ3) is 3.25. The van der Waals surface area contributed by atoms with Crippen LogP contribution in [-0.2, 0) is 16.0 Å². The van der Waals surface area contributed by atoms with E-state index >= 15 is 0 Å². The molecule has 1 amide bonds. The maximum atomic E-state index is 12.4. The molecule has 2 aromatic carbocycles. The fourth-order valence-corrected chi connectivity index (χ4v) is 2.60. The third-order valence-corrected chi connectivity index (χ3v) is 3.75. The first-order chi connectivity index (χ1) is 11.5. The van der Waals surface area contributed by atoms with Gasteiger partial charge in [0.25, 0.3) is 5.91 Å². The summed E-state index contributed by atoms with van der Waals surface area (Å²) in [5.74, 6) is -0.430. The summed E-state index contributed by atoms with van der Waals surface area (Å²) >= 11 is 0. The highest BCUT2D eigenvalue weighted by molar-refractivity contribution is 6.30. The van der Waals surface area contributed by atoms with E-state index in [1.807, 2.05) is 24.3 Å². The molecule has 0 atom stereocenters. The van der Waals surface area contributed by atoms with Crippen molar-refractivity contribution < 1.29 is 19.1 Å². The lowest BCUT2D eigenvalue weighted by Gasteiger charge is -2.04. The van der Waals surface area contributed by atoms with Gasteiger partial charge < -0.3 is 10.5 Å². The van der Waals surface area contributed by atoms with E-state index in [-0.39, 0.29) is 18.2 Å². The standard InChI is InChI=1S/C19H15NO4/c20-19(23)11-24-14-7-5-12(6-8-14)17(21)10-16-15-4-2-1-3-13(15)9-18(16)22/h1-8,10H,9,11H2,(H2,20,23)/b16-10-. The largest absolute Gasteiger partial charge is 0.484 e. The Morgan fingerprint density at radius 1 is 1.08 bits per heavy atom. The molecular weight excluding hydrogens is 306 g/mol. The lowest BCUT2D eigenvalue weighted by Crippen LogP contribution is -2.20. The first kappa shape index (κ1) is 15.7. The number of carbonyl (C=O) groups excluding carboxylic acids is 3. The van der Waals surface area contributed by atoms with Crippen LogP contribution in [0.1, 0.15) is 21.5 Å². The minimum absolute atomic E-state index is 0.0500. The molecule has 0 unspecified atom stereocenters. The van der Waals surface area contributed by atoms with E-state index in [1.165, 1.54) is 6.08 Å². The average Bonchev–Trinajstić information content (AvgIpc) is 2.89. The van der Waals surface area contributed by atoms with E-state index in [4.69, 9.17) is 10.5 Å². The number of primary amides is 1. The molecule has 0 saturated carbocycles. The zero-order valence-electron chi connectivity index (χ0n) is 12.8. The van der Waals surface area contributed by atoms with Crippen LogP contribution in [0.3, 0.4) is 0 Å². The number of benzene rings is 2. The Morgan fingerprint density at radius 2 is 1.79 bits per heavy atom. The molecule has 1 aliphatic rings. The van der Waals surface area contributed by atoms with Gasteiger partial charge in [0, 0.05) is 17.6 Å². The van der Waals surface area contributed by atoms with Crippen LogP contribution in [0.5, 0.6) is 5.75 Å². The van der Waals surface area contributed by atoms with Crippen molar-refractivity contribution in [2.24, 2.45) is 5.73 Å². The van der Waals surface area contributed by atoms with Gasteiger partial charge in [-0.05, 0) is 41.5 Å². The van der Waals surface area contributed by atoms with Crippen LogP contribution in [0.4, 0.5) is 0 Å². The summed E-state index contributed by atoms with van der Waals surface area (Å²) in [5.41, 5.74) is 7.65. The summed E-state index contributed by atoms with van der Waals surface area (Å²) < 4.78 is 5.14. The molecule has 0 radical (unpaired) electrons. The maximum absolute atomic E-state index is 12.4. The number of Topliss-reactive ketones (excluding diaryl/α,β-unsaturated/α-hetero) is 1. The second-order valence-electron chi connectivity index (χ2n) is 5.46. The minimum atomic E-state index is -0.571. The van der Waals surface area contributed by atoms with Crippen molar-refractivity contribution in [3.8, 4) is 5.75 Å². The van der Waals surface area contributed by atoms with E-state index in [0.717, 1.165) is 11.1 Å². The monoisotopic (exact) mass is 321 g/mol. The lowest BCUT2D eigenvalue weighted by atomic mass is 10.0. The Labute approximate surface area is 138 Å². The predicted molar refractivity (Wildman–Crippen MR) is 88.6 cm³/mol. The number of allylic oxidation sites excluding steroid dienone is 2. The Balaban J connectivity index is 1.80. The molecule has 0 saturated heterocycles. The fraction of sp³-hybridized carbons (Fsp3) is 0.105. The number of carbonyl (C=O) groups is 3. The van der Waals surface area contributed by atoms with Crippen LogP contribution in [-0.4, -0.2) is 24.1 Å². The molecule has 0 heterocycles. The molecule has 2 aromatic rings. The van der Waals surface area contributed by atoms with Crippen molar-refractivity contribution in [2.45, 2.75) is 6.42 Å². The van der Waals surface area contributed by atoms with Gasteiger partial charge in [-0.3, -0.25) is 14.4 Å². The number of hydrogen-bond acceptors (Lipinski definition) is 4. The molecule has 120 valence electrons. The van der Waals surface area contributed by atoms with E-state index in [1.54, 1.807) is 24.3 Å². The third-order valence-electron chi connectivity index (χ3n) is 3.75. The van der Waals surface area contributed by atoms with Gasteiger partial charge in [-0.15, -0.1) is 0 Å². The summed E-state index contributed by atoms with van der Waals surface area (Å²) in [4.78, 5) is 35.2. The number of fused-ring (bicyclic) bond motifs is 1. The normalized spacial score (nSPS) is 14.5. The Kier molecular flexibility index (Phi) is 4.24. The average molecular weight is 321 g/mol. The highest BCUT2D eigenvalue weighted by atomic mass is 16.5. The molecule has 0 aliphatic heterocycles. The number of hydrogen-bond donors (Lipinski definition) is 1. The second kappa shape index (κ2) is 6.50. The molecule has 0 aromatic heterocycles. The highest BCUT2D eigenvalue weighted by Gasteiger charge is 2.24. The first-order valence-electron chi connectivity index (χ1n) is 7.43. The molecule has 0 bridgehead atoms. The van der Waals surface area contributed by atoms with Gasteiger partial charge in [-0.2, -0.15) is 0 Å². The van der Waals surface area contributed by atoms with Crippen LogP contribution in [0.15, 0.2) is 54.6 Å². The molecule has 2 N–H and O–H groups in total. The van der Waals surface area contributed by atoms with Gasteiger partial charge >= 0.3 is 0 Å². The molecular formula is C19H15NO4. The fourth-order valence-electron chi connectivity index (χ4n) is 2.60. The van der Waals surface area contributed by atoms with Gasteiger partial charge in [-0.1, -0.05) is 24.3 Å². The van der Waals surface area contributed by atoms with Crippen LogP contribution in [0.25, 0.3) is 5.57 Å². The molecule has 5 nitrogen and oxygen atoms in total. The molecule has 0 spiro atoms. The highest BCUT2D eigenvalue weighted by Crippen LogP contribution is 2.29. The van der Waals surface area contributed by atoms with Gasteiger partial charge in [0.2, 0.25) is 0 Å². The van der Waals surface area contributed by atoms with Gasteiger partial charge in [0.1, 0.15) is 5.75 Å². The minimum Gasteiger partial charge on any atom is -0.484 e. The summed E-state index contributed by atoms with van der Waals surface area (Å²) in [6.07, 6.45) is 1.71. The zero-order chi connectivity index (χ0) is 17.1. The van der Waals surface area contributed by atoms with Crippen LogP contribution < -0.4 is 10.5 Å². The number of rotatable bonds is 5. The maximum Gasteiger partial charge on any atom is 0.255 e. The van der Waals surface area contributed by atoms with Gasteiger partial charge in [0.05, 0.1) is 0 Å². The number of nitrogens with two attached hydrogens (primary N) is 1. The van der Waals surface area contributed by atoms with Crippen molar-refractivity contribution >= 4 is 23.0 Å². The second-order valence-corrected chi connectivity index (χ2v) is 5.46. The first-order valence-corrected chi connectivity index (χ1v) is 7.43. The topological polar surface area (TPSA) is 86.5 Å². The predicted octanol–water partition coefficient (Wildman–Crippen LogP) is 1.94. The van der Waals surface area contributed by atoms with Crippen molar-refractivity contribution in [3.63, 3.8) is 0 Å². The molecule has 5 heteroatoms. The summed E-state index contributed by atoms with van der Waals surface area (Å²) in [7, 11) is 0. The molecule has 24 heavy (non-hydrogen) atoms. The number of ether oxygens (including phenoxy) is 1. The number of amides is 1. The SMILES string of the molecule is NC(=O)COc1ccc(C(=O)/C=C2\C(=O)Cc3ccccc32)cc1. The van der Waals surface area contributed by atoms with E-state index in [0.29, 0.717) is 23.3 Å². The molecule has 3 rings (SSSR count). The number of ketones is 2. The van der Waals surface area contributed by atoms with Crippen molar-refractivity contribution in [1.29, 1.82) is 0 Å². The lowest BCUT2D eigenvalue weighted by molar-refractivity contribution is -0.120. The molecule has 1 aliphatic carbocycles. The van der Waals surface area contributed by atoms with Gasteiger partial charge in [-0.25, -0.2) is 0 Å². The Bertz CT molecular complexity index is 850. The zero-order valence-corrected chi connectivity index (χ0v) is 12.8. The Hall–Kier alpha value is -3.21. The van der Waals surface area contributed by atoms with Crippen molar-refractivity contribution in [1.82, 2.24) is 0 Å². The van der Waals surface area contributed by atoms with E-state index in [2.05, 4.69) is 0 Å². The summed E-state index contributed by atoms with van der Waals surface area (Å²) in [6, 6.07) is 13.8.